The van der Waals surface area contributed by atoms with E-state index < -0.39 is 6.10 Å². The number of oxazole rings is 1. The number of hydrogen-bond donors (Lipinski definition) is 0. The van der Waals surface area contributed by atoms with Gasteiger partial charge >= 0.3 is 0 Å². The van der Waals surface area contributed by atoms with Gasteiger partial charge in [0.2, 0.25) is 5.89 Å². The Morgan fingerprint density at radius 2 is 1.90 bits per heavy atom. The lowest BCUT2D eigenvalue weighted by atomic mass is 10.0. The Kier molecular flexibility index (Phi) is 5.92. The first-order valence-electron chi connectivity index (χ1n) is 10.1. The normalized spacial score (nSPS) is 12.2. The minimum Gasteiger partial charge on any atom is -0.441 e. The van der Waals surface area contributed by atoms with Gasteiger partial charge in [0, 0.05) is 24.0 Å². The summed E-state index contributed by atoms with van der Waals surface area (Å²) in [6.45, 7) is 4.34. The van der Waals surface area contributed by atoms with E-state index in [-0.39, 0.29) is 0 Å². The first kappa shape index (κ1) is 19.9. The lowest BCUT2D eigenvalue weighted by Crippen LogP contribution is -2.13. The average Bonchev–Trinajstić information content (AvgIpc) is 3.35. The fourth-order valence-corrected chi connectivity index (χ4v) is 3.50. The van der Waals surface area contributed by atoms with Crippen LogP contribution in [0.2, 0.25) is 0 Å². The fraction of sp³-hybridized carbons (Fsp3) is 0.292. The predicted molar refractivity (Wildman–Crippen MR) is 113 cm³/mol. The van der Waals surface area contributed by atoms with Crippen molar-refractivity contribution in [2.75, 3.05) is 6.61 Å². The van der Waals surface area contributed by atoms with Crippen LogP contribution in [-0.4, -0.2) is 22.9 Å². The van der Waals surface area contributed by atoms with E-state index in [9.17, 15) is 5.26 Å². The summed E-state index contributed by atoms with van der Waals surface area (Å²) in [6.07, 6.45) is 1.49. The molecule has 0 bridgehead atoms. The second-order valence-corrected chi connectivity index (χ2v) is 7.12. The molecule has 2 aromatic heterocycles. The van der Waals surface area contributed by atoms with Gasteiger partial charge < -0.3 is 13.7 Å². The molecule has 0 fully saturated rings. The molecule has 1 atom stereocenters. The Balaban J connectivity index is 1.47. The lowest BCUT2D eigenvalue weighted by Gasteiger charge is -2.08. The summed E-state index contributed by atoms with van der Waals surface area (Å²) in [5.74, 6) is 1.46. The molecule has 2 aromatic carbocycles. The first-order chi connectivity index (χ1) is 14.7. The Morgan fingerprint density at radius 1 is 1.10 bits per heavy atom. The van der Waals surface area contributed by atoms with Crippen LogP contribution in [-0.2, 0) is 24.0 Å². The number of rotatable bonds is 8. The van der Waals surface area contributed by atoms with E-state index in [1.165, 1.54) is 0 Å². The molecule has 0 saturated carbocycles. The third-order valence-corrected chi connectivity index (χ3v) is 5.06. The summed E-state index contributed by atoms with van der Waals surface area (Å²) in [5.41, 5.74) is 4.49. The summed E-state index contributed by atoms with van der Waals surface area (Å²) in [4.78, 5) is 4.66. The van der Waals surface area contributed by atoms with Crippen LogP contribution in [0.15, 0.2) is 57.5 Å². The molecule has 0 aliphatic heterocycles. The van der Waals surface area contributed by atoms with Crippen LogP contribution in [0.5, 0.6) is 0 Å². The van der Waals surface area contributed by atoms with Crippen molar-refractivity contribution in [3.8, 4) is 17.5 Å². The van der Waals surface area contributed by atoms with Crippen molar-refractivity contribution in [3.63, 3.8) is 0 Å². The maximum Gasteiger partial charge on any atom is 0.226 e. The van der Waals surface area contributed by atoms with Crippen LogP contribution < -0.4 is 0 Å². The largest absolute Gasteiger partial charge is 0.441 e. The highest BCUT2D eigenvalue weighted by Crippen LogP contribution is 2.25. The van der Waals surface area contributed by atoms with Gasteiger partial charge in [-0.05, 0) is 56.5 Å². The van der Waals surface area contributed by atoms with Crippen molar-refractivity contribution < 1.29 is 13.7 Å². The molecule has 0 aliphatic rings. The topological polar surface area (TPSA) is 85.1 Å². The zero-order chi connectivity index (χ0) is 20.9. The predicted octanol–water partition coefficient (Wildman–Crippen LogP) is 5.05. The van der Waals surface area contributed by atoms with Crippen LogP contribution in [0.25, 0.3) is 22.4 Å². The number of benzene rings is 2. The van der Waals surface area contributed by atoms with E-state index >= 15 is 0 Å². The molecule has 6 heteroatoms. The van der Waals surface area contributed by atoms with Gasteiger partial charge in [0.25, 0.3) is 0 Å². The smallest absolute Gasteiger partial charge is 0.226 e. The fourth-order valence-electron chi connectivity index (χ4n) is 3.50. The summed E-state index contributed by atoms with van der Waals surface area (Å²) >= 11 is 0. The van der Waals surface area contributed by atoms with E-state index in [4.69, 9.17) is 13.7 Å². The maximum absolute atomic E-state index is 9.19. The van der Waals surface area contributed by atoms with Crippen molar-refractivity contribution in [2.45, 2.75) is 39.2 Å². The van der Waals surface area contributed by atoms with Crippen LogP contribution in [0, 0.1) is 18.3 Å². The molecule has 2 heterocycles. The molecule has 152 valence electrons. The van der Waals surface area contributed by atoms with Gasteiger partial charge in [-0.1, -0.05) is 29.4 Å². The van der Waals surface area contributed by atoms with E-state index in [2.05, 4.69) is 16.2 Å². The number of aromatic nitrogens is 2. The second kappa shape index (κ2) is 8.93. The zero-order valence-corrected chi connectivity index (χ0v) is 17.1. The average molecular weight is 401 g/mol. The van der Waals surface area contributed by atoms with Crippen molar-refractivity contribution >= 4 is 11.0 Å². The zero-order valence-electron chi connectivity index (χ0n) is 17.1. The van der Waals surface area contributed by atoms with Crippen LogP contribution in [0.3, 0.4) is 0 Å². The summed E-state index contributed by atoms with van der Waals surface area (Å²) < 4.78 is 16.8. The molecule has 0 radical (unpaired) electrons. The summed E-state index contributed by atoms with van der Waals surface area (Å²) in [6, 6.07) is 18.0. The molecule has 0 N–H and O–H groups in total. The molecular formula is C24H23N3O3. The number of ether oxygens (including phenoxy) is 1. The van der Waals surface area contributed by atoms with E-state index in [1.54, 1.807) is 0 Å². The van der Waals surface area contributed by atoms with Crippen LogP contribution in [0.1, 0.15) is 29.6 Å². The quantitative estimate of drug-likeness (QED) is 0.411. The van der Waals surface area contributed by atoms with Crippen LogP contribution >= 0.6 is 0 Å². The Bertz CT molecular complexity index is 1170. The molecule has 1 unspecified atom stereocenters. The van der Waals surface area contributed by atoms with Crippen LogP contribution in [0.4, 0.5) is 0 Å². The third-order valence-electron chi connectivity index (χ3n) is 5.06. The Labute approximate surface area is 175 Å². The molecule has 0 amide bonds. The van der Waals surface area contributed by atoms with Gasteiger partial charge in [0.15, 0.2) is 5.58 Å². The second-order valence-electron chi connectivity index (χ2n) is 7.12. The number of nitrogens with zero attached hydrogens (tertiary/aromatic N) is 3. The van der Waals surface area contributed by atoms with Crippen molar-refractivity contribution in [3.05, 3.63) is 71.2 Å². The Morgan fingerprint density at radius 3 is 2.67 bits per heavy atom. The van der Waals surface area contributed by atoms with Crippen molar-refractivity contribution in [1.82, 2.24) is 10.1 Å². The van der Waals surface area contributed by atoms with E-state index in [0.29, 0.717) is 31.8 Å². The highest BCUT2D eigenvalue weighted by atomic mass is 16.5. The summed E-state index contributed by atoms with van der Waals surface area (Å²) in [7, 11) is 0. The minimum absolute atomic E-state index is 0.455. The first-order valence-corrected chi connectivity index (χ1v) is 10.1. The number of fused-ring (bicyclic) bond motifs is 1. The molecule has 6 nitrogen and oxygen atoms in total. The molecular weight excluding hydrogens is 378 g/mol. The number of hydrogen-bond acceptors (Lipinski definition) is 6. The van der Waals surface area contributed by atoms with Gasteiger partial charge in [-0.3, -0.25) is 0 Å². The third kappa shape index (κ3) is 4.27. The van der Waals surface area contributed by atoms with Gasteiger partial charge in [-0.25, -0.2) is 4.98 Å². The highest BCUT2D eigenvalue weighted by molar-refractivity contribution is 5.80. The van der Waals surface area contributed by atoms with Gasteiger partial charge in [-0.15, -0.1) is 0 Å². The minimum atomic E-state index is -0.455. The molecule has 30 heavy (non-hydrogen) atoms. The Hall–Kier alpha value is -3.43. The molecule has 0 spiro atoms. The van der Waals surface area contributed by atoms with Crippen molar-refractivity contribution in [1.29, 1.82) is 5.26 Å². The summed E-state index contributed by atoms with van der Waals surface area (Å²) in [5, 5.41) is 14.4. The van der Waals surface area contributed by atoms with Gasteiger partial charge in [-0.2, -0.15) is 5.26 Å². The standard InChI is InChI=1S/C24H23N3O3/c1-3-28-19(15-25)13-17-9-10-20-22(27-30-23(20)14-17)12-11-21-16(2)29-24(26-21)18-7-5-4-6-8-18/h4-10,14,19H,3,11-13H2,1-2H3. The van der Waals surface area contributed by atoms with Crippen molar-refractivity contribution in [2.24, 2.45) is 0 Å². The monoisotopic (exact) mass is 401 g/mol. The van der Waals surface area contributed by atoms with Gasteiger partial charge in [0.1, 0.15) is 11.9 Å². The van der Waals surface area contributed by atoms with E-state index in [1.807, 2.05) is 62.4 Å². The molecule has 4 rings (SSSR count). The number of aryl methyl sites for hydroxylation is 3. The maximum atomic E-state index is 9.19. The molecule has 0 aliphatic carbocycles. The van der Waals surface area contributed by atoms with E-state index in [0.717, 1.165) is 39.2 Å². The molecule has 0 saturated heterocycles. The lowest BCUT2D eigenvalue weighted by molar-refractivity contribution is 0.102. The SMILES string of the molecule is CCOC(C#N)Cc1ccc2c(CCc3nc(-c4ccccc4)oc3C)noc2c1. The van der Waals surface area contributed by atoms with Gasteiger partial charge in [0.05, 0.1) is 17.5 Å². The number of nitriles is 1. The highest BCUT2D eigenvalue weighted by Gasteiger charge is 2.15. The molecule has 4 aromatic rings.